The number of halogens is 1. The van der Waals surface area contributed by atoms with Crippen LogP contribution in [0.15, 0.2) is 42.6 Å². The molecule has 1 aromatic carbocycles. The van der Waals surface area contributed by atoms with Gasteiger partial charge in [0, 0.05) is 18.1 Å². The van der Waals surface area contributed by atoms with E-state index in [-0.39, 0.29) is 23.8 Å². The summed E-state index contributed by atoms with van der Waals surface area (Å²) in [6.07, 6.45) is 1.40. The van der Waals surface area contributed by atoms with E-state index in [0.29, 0.717) is 11.1 Å². The van der Waals surface area contributed by atoms with Crippen molar-refractivity contribution in [3.8, 4) is 0 Å². The van der Waals surface area contributed by atoms with Crippen LogP contribution in [0.5, 0.6) is 0 Å². The number of hydrogen-bond acceptors (Lipinski definition) is 6. The van der Waals surface area contributed by atoms with Crippen molar-refractivity contribution in [3.05, 3.63) is 53.4 Å². The number of nitrogens with zero attached hydrogens (tertiary/aromatic N) is 2. The molecule has 0 aliphatic rings. The lowest BCUT2D eigenvalue weighted by atomic mass is 10.2. The molecule has 0 aliphatic carbocycles. The molecule has 10 heteroatoms. The molecule has 2 amide bonds. The number of H-pyrrole nitrogens is 1. The van der Waals surface area contributed by atoms with Crippen molar-refractivity contribution >= 4 is 46.0 Å². The Hall–Kier alpha value is -3.46. The molecule has 3 rings (SSSR count). The number of ether oxygens (including phenoxy) is 1. The van der Waals surface area contributed by atoms with Gasteiger partial charge in [-0.3, -0.25) is 19.5 Å². The Morgan fingerprint density at radius 1 is 1.14 bits per heavy atom. The Labute approximate surface area is 164 Å². The van der Waals surface area contributed by atoms with Crippen LogP contribution >= 0.6 is 11.6 Å². The van der Waals surface area contributed by atoms with Crippen molar-refractivity contribution in [1.82, 2.24) is 20.5 Å². The van der Waals surface area contributed by atoms with Gasteiger partial charge in [0.2, 0.25) is 0 Å². The maximum Gasteiger partial charge on any atom is 0.308 e. The number of fused-ring (bicyclic) bond motifs is 1. The van der Waals surface area contributed by atoms with Gasteiger partial charge in [0.05, 0.1) is 17.6 Å². The van der Waals surface area contributed by atoms with Gasteiger partial charge in [0.15, 0.2) is 17.5 Å². The molecule has 3 aromatic rings. The maximum absolute atomic E-state index is 12.2. The first-order chi connectivity index (χ1) is 13.5. The van der Waals surface area contributed by atoms with Crippen molar-refractivity contribution in [2.24, 2.45) is 0 Å². The lowest BCUT2D eigenvalue weighted by Crippen LogP contribution is -2.28. The molecule has 0 aliphatic heterocycles. The van der Waals surface area contributed by atoms with Crippen LogP contribution in [-0.2, 0) is 14.3 Å². The number of para-hydroxylation sites is 1. The van der Waals surface area contributed by atoms with E-state index in [9.17, 15) is 14.4 Å². The standard InChI is InChI=1S/C18H16ClN5O4/c19-17-13(6-3-8-20-17)22-14(25)10-28-15(26)7-9-21-18(27)16-11-4-1-2-5-12(11)23-24-16/h1-6,8H,7,9-10H2,(H,21,27)(H,22,25)(H,23,24). The smallest absolute Gasteiger partial charge is 0.308 e. The first-order valence-corrected chi connectivity index (χ1v) is 8.69. The number of esters is 1. The summed E-state index contributed by atoms with van der Waals surface area (Å²) in [7, 11) is 0. The highest BCUT2D eigenvalue weighted by atomic mass is 35.5. The minimum Gasteiger partial charge on any atom is -0.456 e. The first kappa shape index (κ1) is 19.3. The average Bonchev–Trinajstić information content (AvgIpc) is 3.12. The highest BCUT2D eigenvalue weighted by Gasteiger charge is 2.14. The van der Waals surface area contributed by atoms with Crippen LogP contribution in [0.2, 0.25) is 5.15 Å². The fraction of sp³-hybridized carbons (Fsp3) is 0.167. The zero-order valence-electron chi connectivity index (χ0n) is 14.6. The molecule has 0 atom stereocenters. The zero-order chi connectivity index (χ0) is 19.9. The summed E-state index contributed by atoms with van der Waals surface area (Å²) in [5, 5.41) is 12.6. The van der Waals surface area contributed by atoms with Gasteiger partial charge in [-0.1, -0.05) is 29.8 Å². The fourth-order valence-corrected chi connectivity index (χ4v) is 2.55. The van der Waals surface area contributed by atoms with Crippen LogP contribution in [-0.4, -0.2) is 46.1 Å². The molecule has 0 bridgehead atoms. The monoisotopic (exact) mass is 401 g/mol. The Bertz CT molecular complexity index is 1020. The molecule has 0 radical (unpaired) electrons. The van der Waals surface area contributed by atoms with Crippen LogP contribution < -0.4 is 10.6 Å². The molecule has 28 heavy (non-hydrogen) atoms. The summed E-state index contributed by atoms with van der Waals surface area (Å²) >= 11 is 5.83. The molecular weight excluding hydrogens is 386 g/mol. The summed E-state index contributed by atoms with van der Waals surface area (Å²) in [5.74, 6) is -1.58. The molecule has 2 heterocycles. The van der Waals surface area contributed by atoms with Gasteiger partial charge in [-0.2, -0.15) is 5.10 Å². The van der Waals surface area contributed by atoms with E-state index < -0.39 is 24.4 Å². The number of carbonyl (C=O) groups excluding carboxylic acids is 3. The number of aromatic nitrogens is 3. The number of hydrogen-bond donors (Lipinski definition) is 3. The second-order valence-corrected chi connectivity index (χ2v) is 6.03. The van der Waals surface area contributed by atoms with Gasteiger partial charge in [0.25, 0.3) is 11.8 Å². The summed E-state index contributed by atoms with van der Waals surface area (Å²) in [6.45, 7) is -0.420. The summed E-state index contributed by atoms with van der Waals surface area (Å²) in [4.78, 5) is 39.5. The molecule has 0 saturated heterocycles. The largest absolute Gasteiger partial charge is 0.456 e. The first-order valence-electron chi connectivity index (χ1n) is 8.32. The Morgan fingerprint density at radius 2 is 1.96 bits per heavy atom. The third kappa shape index (κ3) is 4.83. The van der Waals surface area contributed by atoms with Crippen molar-refractivity contribution in [1.29, 1.82) is 0 Å². The second kappa shape index (κ2) is 8.96. The average molecular weight is 402 g/mol. The molecule has 9 nitrogen and oxygen atoms in total. The van der Waals surface area contributed by atoms with Crippen molar-refractivity contribution in [3.63, 3.8) is 0 Å². The van der Waals surface area contributed by atoms with Crippen LogP contribution in [0.4, 0.5) is 5.69 Å². The highest BCUT2D eigenvalue weighted by molar-refractivity contribution is 6.32. The van der Waals surface area contributed by atoms with Crippen LogP contribution in [0, 0.1) is 0 Å². The number of aromatic amines is 1. The predicted molar refractivity (Wildman–Crippen MR) is 102 cm³/mol. The number of pyridine rings is 1. The third-order valence-electron chi connectivity index (χ3n) is 3.70. The van der Waals surface area contributed by atoms with Gasteiger partial charge in [-0.25, -0.2) is 4.98 Å². The number of amides is 2. The van der Waals surface area contributed by atoms with E-state index in [1.165, 1.54) is 6.20 Å². The number of rotatable bonds is 7. The fourth-order valence-electron chi connectivity index (χ4n) is 2.38. The molecule has 3 N–H and O–H groups in total. The Balaban J connectivity index is 1.40. The minimum atomic E-state index is -0.625. The van der Waals surface area contributed by atoms with Gasteiger partial charge in [-0.05, 0) is 18.2 Å². The Kier molecular flexibility index (Phi) is 6.18. The van der Waals surface area contributed by atoms with E-state index in [0.717, 1.165) is 5.52 Å². The molecule has 2 aromatic heterocycles. The molecule has 0 fully saturated rings. The number of carbonyl (C=O) groups is 3. The quantitative estimate of drug-likeness (QED) is 0.410. The molecule has 144 valence electrons. The van der Waals surface area contributed by atoms with Crippen LogP contribution in [0.1, 0.15) is 16.9 Å². The van der Waals surface area contributed by atoms with E-state index in [4.69, 9.17) is 16.3 Å². The zero-order valence-corrected chi connectivity index (χ0v) is 15.3. The van der Waals surface area contributed by atoms with Gasteiger partial charge in [0.1, 0.15) is 0 Å². The summed E-state index contributed by atoms with van der Waals surface area (Å²) in [6, 6.07) is 10.4. The van der Waals surface area contributed by atoms with E-state index in [1.54, 1.807) is 30.3 Å². The SMILES string of the molecule is O=C(COC(=O)CCNC(=O)c1n[nH]c2ccccc12)Nc1cccnc1Cl. The molecule has 0 saturated carbocycles. The van der Waals surface area contributed by atoms with E-state index >= 15 is 0 Å². The van der Waals surface area contributed by atoms with Crippen molar-refractivity contribution in [2.45, 2.75) is 6.42 Å². The number of benzene rings is 1. The molecule has 0 unspecified atom stereocenters. The normalized spacial score (nSPS) is 10.5. The van der Waals surface area contributed by atoms with Crippen molar-refractivity contribution in [2.75, 3.05) is 18.5 Å². The lowest BCUT2D eigenvalue weighted by molar-refractivity contribution is -0.147. The van der Waals surface area contributed by atoms with Gasteiger partial charge in [-0.15, -0.1) is 0 Å². The minimum absolute atomic E-state index is 0.0505. The lowest BCUT2D eigenvalue weighted by Gasteiger charge is -2.07. The van der Waals surface area contributed by atoms with Gasteiger partial charge >= 0.3 is 5.97 Å². The van der Waals surface area contributed by atoms with E-state index in [1.807, 2.05) is 6.07 Å². The Morgan fingerprint density at radius 3 is 2.79 bits per heavy atom. The molecular formula is C18H16ClN5O4. The maximum atomic E-state index is 12.2. The van der Waals surface area contributed by atoms with Crippen molar-refractivity contribution < 1.29 is 19.1 Å². The van der Waals surface area contributed by atoms with Crippen LogP contribution in [0.3, 0.4) is 0 Å². The van der Waals surface area contributed by atoms with E-state index in [2.05, 4.69) is 25.8 Å². The summed E-state index contributed by atoms with van der Waals surface area (Å²) in [5.41, 5.74) is 1.31. The summed E-state index contributed by atoms with van der Waals surface area (Å²) < 4.78 is 4.87. The van der Waals surface area contributed by atoms with Gasteiger partial charge < -0.3 is 15.4 Å². The van der Waals surface area contributed by atoms with Crippen LogP contribution in [0.25, 0.3) is 10.9 Å². The topological polar surface area (TPSA) is 126 Å². The number of nitrogens with one attached hydrogen (secondary N) is 3. The predicted octanol–water partition coefficient (Wildman–Crippen LogP) is 1.91. The highest BCUT2D eigenvalue weighted by Crippen LogP contribution is 2.17. The third-order valence-corrected chi connectivity index (χ3v) is 4.00. The number of anilines is 1. The second-order valence-electron chi connectivity index (χ2n) is 5.67. The molecule has 0 spiro atoms.